The van der Waals surface area contributed by atoms with E-state index in [1.54, 1.807) is 0 Å². The molecule has 0 radical (unpaired) electrons. The average Bonchev–Trinajstić information content (AvgIpc) is 2.13. The highest BCUT2D eigenvalue weighted by atomic mass is 16.3. The van der Waals surface area contributed by atoms with Crippen LogP contribution in [-0.2, 0) is 0 Å². The predicted octanol–water partition coefficient (Wildman–Crippen LogP) is 1.26. The number of para-hydroxylation sites is 1. The molecule has 1 aromatic rings. The molecule has 2 nitrogen and oxygen atoms in total. The maximum atomic E-state index is 9.15. The standard InChI is InChI=1S/C7H5NO/c8-5-6-3-1-2-4-7(6)9/h1-4,9H/i1D,2D,3D,4D. The van der Waals surface area contributed by atoms with Gasteiger partial charge in [-0.2, -0.15) is 5.26 Å². The van der Waals surface area contributed by atoms with Crippen LogP contribution in [0.1, 0.15) is 11.0 Å². The molecule has 9 heavy (non-hydrogen) atoms. The minimum Gasteiger partial charge on any atom is -0.507 e. The molecule has 0 spiro atoms. The Morgan fingerprint density at radius 2 is 2.22 bits per heavy atom. The zero-order valence-corrected chi connectivity index (χ0v) is 4.39. The van der Waals surface area contributed by atoms with Crippen molar-refractivity contribution in [2.75, 3.05) is 0 Å². The quantitative estimate of drug-likeness (QED) is 0.564. The van der Waals surface area contributed by atoms with Crippen LogP contribution in [0.3, 0.4) is 0 Å². The summed E-state index contributed by atoms with van der Waals surface area (Å²) in [6.07, 6.45) is 0. The van der Waals surface area contributed by atoms with Crippen molar-refractivity contribution in [2.24, 2.45) is 0 Å². The third-order valence-corrected chi connectivity index (χ3v) is 0.780. The van der Waals surface area contributed by atoms with E-state index in [0.29, 0.717) is 0 Å². The lowest BCUT2D eigenvalue weighted by Gasteiger charge is -1.89. The van der Waals surface area contributed by atoms with Crippen LogP contribution in [0.5, 0.6) is 5.75 Å². The first kappa shape index (κ1) is 2.40. The van der Waals surface area contributed by atoms with Gasteiger partial charge in [-0.25, -0.2) is 0 Å². The molecule has 1 aromatic carbocycles. The SMILES string of the molecule is [2H]c1c([2H])c([2H])c(C#N)c(O)c1[2H]. The molecule has 0 saturated heterocycles. The largest absolute Gasteiger partial charge is 0.507 e. The van der Waals surface area contributed by atoms with Crippen molar-refractivity contribution in [3.05, 3.63) is 29.7 Å². The van der Waals surface area contributed by atoms with Gasteiger partial charge in [0.05, 0.1) is 11.0 Å². The molecule has 0 aliphatic heterocycles. The monoisotopic (exact) mass is 123 g/mol. The summed E-state index contributed by atoms with van der Waals surface area (Å²) in [7, 11) is 0. The summed E-state index contributed by atoms with van der Waals surface area (Å²) in [6, 6.07) is -0.642. The minimum absolute atomic E-state index is 0.425. The van der Waals surface area contributed by atoms with Crippen LogP contribution in [0, 0.1) is 11.3 Å². The zero-order valence-electron chi connectivity index (χ0n) is 8.39. The lowest BCUT2D eigenvalue weighted by molar-refractivity contribution is 0.473. The molecule has 0 bridgehead atoms. The second-order valence-electron chi connectivity index (χ2n) is 1.34. The van der Waals surface area contributed by atoms with Gasteiger partial charge in [0.2, 0.25) is 0 Å². The topological polar surface area (TPSA) is 44.0 Å². The number of nitrogens with zero attached hydrogens (tertiary/aromatic N) is 1. The molecule has 0 aliphatic carbocycles. The zero-order chi connectivity index (χ0) is 10.2. The summed E-state index contributed by atoms with van der Waals surface area (Å²) in [5, 5.41) is 17.6. The molecule has 0 fully saturated rings. The molecule has 0 aliphatic rings. The van der Waals surface area contributed by atoms with Gasteiger partial charge in [-0.3, -0.25) is 0 Å². The molecule has 0 aromatic heterocycles. The second kappa shape index (κ2) is 2.19. The van der Waals surface area contributed by atoms with Crippen molar-refractivity contribution in [3.8, 4) is 11.8 Å². The van der Waals surface area contributed by atoms with Gasteiger partial charge in [0.15, 0.2) is 0 Å². The number of hydrogen-bond acceptors (Lipinski definition) is 2. The highest BCUT2D eigenvalue weighted by Crippen LogP contribution is 2.12. The van der Waals surface area contributed by atoms with Gasteiger partial charge in [0.25, 0.3) is 0 Å². The number of benzene rings is 1. The van der Waals surface area contributed by atoms with E-state index in [1.807, 2.05) is 0 Å². The van der Waals surface area contributed by atoms with Crippen LogP contribution < -0.4 is 0 Å². The Hall–Kier alpha value is -1.49. The molecule has 44 valence electrons. The normalized spacial score (nSPS) is 14.6. The van der Waals surface area contributed by atoms with E-state index in [4.69, 9.17) is 15.9 Å². The van der Waals surface area contributed by atoms with Crippen LogP contribution >= 0.6 is 0 Å². The summed E-state index contributed by atoms with van der Waals surface area (Å²) >= 11 is 0. The summed E-state index contributed by atoms with van der Waals surface area (Å²) in [5.41, 5.74) is -0.425. The molecule has 1 N–H and O–H groups in total. The summed E-state index contributed by atoms with van der Waals surface area (Å²) < 4.78 is 28.6. The Morgan fingerprint density at radius 1 is 1.56 bits per heavy atom. The lowest BCUT2D eigenvalue weighted by Crippen LogP contribution is -1.71. The maximum Gasteiger partial charge on any atom is 0.133 e. The van der Waals surface area contributed by atoms with E-state index >= 15 is 0 Å². The Morgan fingerprint density at radius 3 is 2.89 bits per heavy atom. The summed E-state index contributed by atoms with van der Waals surface area (Å²) in [6.45, 7) is 0. The number of phenolic OH excluding ortho intramolecular Hbond substituents is 1. The smallest absolute Gasteiger partial charge is 0.133 e. The number of hydrogen-bond donors (Lipinski definition) is 1. The van der Waals surface area contributed by atoms with E-state index < -0.39 is 35.5 Å². The van der Waals surface area contributed by atoms with Crippen LogP contribution in [0.4, 0.5) is 0 Å². The van der Waals surface area contributed by atoms with E-state index in [0.717, 1.165) is 0 Å². The third-order valence-electron chi connectivity index (χ3n) is 0.780. The number of phenols is 1. The van der Waals surface area contributed by atoms with E-state index in [2.05, 4.69) is 0 Å². The van der Waals surface area contributed by atoms with Gasteiger partial charge in [0, 0.05) is 0 Å². The number of nitriles is 1. The molecule has 0 amide bonds. The van der Waals surface area contributed by atoms with Crippen molar-refractivity contribution < 1.29 is 10.6 Å². The van der Waals surface area contributed by atoms with Crippen molar-refractivity contribution >= 4 is 0 Å². The number of aromatic hydroxyl groups is 1. The Kier molecular flexibility index (Phi) is 0.583. The van der Waals surface area contributed by atoms with Gasteiger partial charge in [-0.1, -0.05) is 12.1 Å². The van der Waals surface area contributed by atoms with Gasteiger partial charge < -0.3 is 5.11 Å². The van der Waals surface area contributed by atoms with Crippen LogP contribution in [0.2, 0.25) is 0 Å². The molecular weight excluding hydrogens is 114 g/mol. The molecule has 0 atom stereocenters. The average molecular weight is 123 g/mol. The van der Waals surface area contributed by atoms with Crippen LogP contribution in [0.25, 0.3) is 0 Å². The second-order valence-corrected chi connectivity index (χ2v) is 1.34. The first-order valence-corrected chi connectivity index (χ1v) is 2.20. The van der Waals surface area contributed by atoms with Gasteiger partial charge in [-0.05, 0) is 12.1 Å². The first-order chi connectivity index (χ1) is 6.00. The molecule has 2 heteroatoms. The van der Waals surface area contributed by atoms with Gasteiger partial charge >= 0.3 is 0 Å². The van der Waals surface area contributed by atoms with E-state index in [1.165, 1.54) is 6.07 Å². The molecule has 0 saturated carbocycles. The van der Waals surface area contributed by atoms with Crippen molar-refractivity contribution in [1.82, 2.24) is 0 Å². The van der Waals surface area contributed by atoms with Gasteiger partial charge in [0.1, 0.15) is 11.8 Å². The summed E-state index contributed by atoms with van der Waals surface area (Å²) in [5.74, 6) is -0.700. The predicted molar refractivity (Wildman–Crippen MR) is 32.8 cm³/mol. The van der Waals surface area contributed by atoms with Crippen molar-refractivity contribution in [2.45, 2.75) is 0 Å². The lowest BCUT2D eigenvalue weighted by atomic mass is 10.2. The van der Waals surface area contributed by atoms with Gasteiger partial charge in [-0.15, -0.1) is 0 Å². The molecular formula is C7H5NO. The Labute approximate surface area is 58.6 Å². The third kappa shape index (κ3) is 1.000. The van der Waals surface area contributed by atoms with Crippen LogP contribution in [0.15, 0.2) is 24.2 Å². The fraction of sp³-hybridized carbons (Fsp3) is 0. The fourth-order valence-corrected chi connectivity index (χ4v) is 0.387. The van der Waals surface area contributed by atoms with E-state index in [-0.39, 0.29) is 0 Å². The maximum absolute atomic E-state index is 9.15. The van der Waals surface area contributed by atoms with Crippen molar-refractivity contribution in [1.29, 1.82) is 5.26 Å². The molecule has 0 heterocycles. The first-order valence-electron chi connectivity index (χ1n) is 4.20. The number of rotatable bonds is 0. The van der Waals surface area contributed by atoms with Crippen molar-refractivity contribution in [3.63, 3.8) is 0 Å². The minimum atomic E-state index is -0.700. The Balaban J connectivity index is 3.69. The Bertz CT molecular complexity index is 381. The van der Waals surface area contributed by atoms with E-state index in [9.17, 15) is 0 Å². The molecule has 0 unspecified atom stereocenters. The highest BCUT2D eigenvalue weighted by Gasteiger charge is 1.93. The summed E-state index contributed by atoms with van der Waals surface area (Å²) in [4.78, 5) is 0. The molecule has 1 rings (SSSR count). The van der Waals surface area contributed by atoms with Crippen LogP contribution in [-0.4, -0.2) is 5.11 Å². The highest BCUT2D eigenvalue weighted by molar-refractivity contribution is 5.41. The fourth-order valence-electron chi connectivity index (χ4n) is 0.387.